The first kappa shape index (κ1) is 22.8. The van der Waals surface area contributed by atoms with Crippen molar-refractivity contribution in [2.75, 3.05) is 10.2 Å². The van der Waals surface area contributed by atoms with Gasteiger partial charge in [0.1, 0.15) is 17.3 Å². The second kappa shape index (κ2) is 9.11. The first-order valence-corrected chi connectivity index (χ1v) is 12.6. The molecule has 182 valence electrons. The second-order valence-corrected chi connectivity index (χ2v) is 9.73. The fourth-order valence-corrected chi connectivity index (χ4v) is 5.71. The third kappa shape index (κ3) is 3.89. The molecular formula is C31H26N4O2. The van der Waals surface area contributed by atoms with Crippen LogP contribution in [0.1, 0.15) is 48.0 Å². The molecule has 1 spiro atoms. The van der Waals surface area contributed by atoms with Gasteiger partial charge >= 0.3 is 0 Å². The van der Waals surface area contributed by atoms with E-state index >= 15 is 0 Å². The summed E-state index contributed by atoms with van der Waals surface area (Å²) in [7, 11) is 0. The third-order valence-corrected chi connectivity index (χ3v) is 7.50. The van der Waals surface area contributed by atoms with Crippen LogP contribution in [0.25, 0.3) is 22.4 Å². The molecule has 6 rings (SSSR count). The van der Waals surface area contributed by atoms with Gasteiger partial charge in [-0.3, -0.25) is 14.5 Å². The predicted molar refractivity (Wildman–Crippen MR) is 145 cm³/mol. The summed E-state index contributed by atoms with van der Waals surface area (Å²) < 4.78 is 0. The molecule has 1 fully saturated rings. The molecule has 1 saturated carbocycles. The van der Waals surface area contributed by atoms with Gasteiger partial charge in [-0.25, -0.2) is 0 Å². The van der Waals surface area contributed by atoms with Gasteiger partial charge in [0, 0.05) is 22.6 Å². The molecule has 0 bridgehead atoms. The van der Waals surface area contributed by atoms with Crippen molar-refractivity contribution in [1.82, 2.24) is 4.98 Å². The summed E-state index contributed by atoms with van der Waals surface area (Å²) in [5.41, 5.74) is 4.44. The molecule has 6 heteroatoms. The highest BCUT2D eigenvalue weighted by Crippen LogP contribution is 2.43. The molecule has 0 radical (unpaired) electrons. The molecule has 1 aliphatic heterocycles. The van der Waals surface area contributed by atoms with Crippen molar-refractivity contribution >= 4 is 17.3 Å². The number of aromatic nitrogens is 1. The number of H-pyrrole nitrogens is 1. The van der Waals surface area contributed by atoms with Crippen molar-refractivity contribution < 1.29 is 4.79 Å². The molecule has 6 nitrogen and oxygen atoms in total. The van der Waals surface area contributed by atoms with Gasteiger partial charge in [-0.15, -0.1) is 0 Å². The topological polar surface area (TPSA) is 89.0 Å². The Hall–Kier alpha value is -4.63. The Labute approximate surface area is 215 Å². The van der Waals surface area contributed by atoms with E-state index in [-0.39, 0.29) is 11.5 Å². The molecule has 1 aliphatic carbocycles. The summed E-state index contributed by atoms with van der Waals surface area (Å²) in [6.45, 7) is 0. The molecule has 2 aliphatic rings. The lowest BCUT2D eigenvalue weighted by Gasteiger charge is -2.50. The predicted octanol–water partition coefficient (Wildman–Crippen LogP) is 6.31. The van der Waals surface area contributed by atoms with E-state index < -0.39 is 11.2 Å². The Balaban J connectivity index is 1.41. The molecular weight excluding hydrogens is 460 g/mol. The summed E-state index contributed by atoms with van der Waals surface area (Å²) in [4.78, 5) is 31.3. The molecule has 1 amide bonds. The number of fused-ring (bicyclic) bond motifs is 1. The lowest BCUT2D eigenvalue weighted by atomic mass is 9.84. The second-order valence-electron chi connectivity index (χ2n) is 9.73. The number of nitrogens with one attached hydrogen (secondary N) is 2. The van der Waals surface area contributed by atoms with Crippen LogP contribution in [0, 0.1) is 11.3 Å². The molecule has 1 aromatic heterocycles. The monoisotopic (exact) mass is 486 g/mol. The number of amides is 1. The zero-order valence-corrected chi connectivity index (χ0v) is 20.3. The van der Waals surface area contributed by atoms with Gasteiger partial charge < -0.3 is 10.3 Å². The normalized spacial score (nSPS) is 16.1. The van der Waals surface area contributed by atoms with E-state index in [0.717, 1.165) is 48.2 Å². The number of hydrogen-bond acceptors (Lipinski definition) is 4. The number of rotatable bonds is 3. The van der Waals surface area contributed by atoms with Gasteiger partial charge in [0.25, 0.3) is 11.5 Å². The SMILES string of the molecule is N#Cc1c(-c2ccccc2)cc(-c2ccc(N3C(=O)c4ccccc4NC34CCCCC4)cc2)[nH]c1=O. The third-order valence-electron chi connectivity index (χ3n) is 7.50. The number of para-hydroxylation sites is 1. The quantitative estimate of drug-likeness (QED) is 0.355. The Kier molecular flexibility index (Phi) is 5.61. The minimum Gasteiger partial charge on any atom is -0.362 e. The molecule has 0 atom stereocenters. The Morgan fingerprint density at radius 2 is 1.49 bits per heavy atom. The fraction of sp³-hybridized carbons (Fsp3) is 0.194. The molecule has 4 aromatic rings. The molecule has 0 saturated heterocycles. The Morgan fingerprint density at radius 1 is 0.784 bits per heavy atom. The van der Waals surface area contributed by atoms with E-state index in [1.54, 1.807) is 0 Å². The maximum Gasteiger partial charge on any atom is 0.266 e. The average molecular weight is 487 g/mol. The number of benzene rings is 3. The number of hydrogen-bond donors (Lipinski definition) is 2. The maximum atomic E-state index is 13.8. The van der Waals surface area contributed by atoms with Gasteiger partial charge in [-0.05, 0) is 67.1 Å². The number of carbonyl (C=O) groups is 1. The molecule has 37 heavy (non-hydrogen) atoms. The van der Waals surface area contributed by atoms with E-state index in [1.165, 1.54) is 6.42 Å². The smallest absolute Gasteiger partial charge is 0.266 e. The molecule has 0 unspecified atom stereocenters. The van der Waals surface area contributed by atoms with Crippen LogP contribution in [0.2, 0.25) is 0 Å². The van der Waals surface area contributed by atoms with Crippen LogP contribution in [0.15, 0.2) is 89.7 Å². The van der Waals surface area contributed by atoms with E-state index in [0.29, 0.717) is 16.8 Å². The zero-order chi connectivity index (χ0) is 25.4. The van der Waals surface area contributed by atoms with Gasteiger partial charge in [-0.2, -0.15) is 5.26 Å². The minimum atomic E-state index is -0.450. The Bertz CT molecular complexity index is 1580. The van der Waals surface area contributed by atoms with Gasteiger partial charge in [-0.1, -0.05) is 61.0 Å². The summed E-state index contributed by atoms with van der Waals surface area (Å²) >= 11 is 0. The van der Waals surface area contributed by atoms with Gasteiger partial charge in [0.2, 0.25) is 0 Å². The summed E-state index contributed by atoms with van der Waals surface area (Å²) in [6, 6.07) is 28.8. The number of anilines is 2. The molecule has 2 heterocycles. The zero-order valence-electron chi connectivity index (χ0n) is 20.3. The largest absolute Gasteiger partial charge is 0.362 e. The van der Waals surface area contributed by atoms with E-state index in [9.17, 15) is 14.9 Å². The first-order valence-electron chi connectivity index (χ1n) is 12.6. The highest BCUT2D eigenvalue weighted by molar-refractivity contribution is 6.12. The van der Waals surface area contributed by atoms with Crippen LogP contribution in [0.4, 0.5) is 11.4 Å². The standard InChI is InChI=1S/C31H26N4O2/c32-20-26-25(21-9-3-1-4-10-21)19-28(33-29(26)36)22-13-15-23(16-14-22)35-30(37)24-11-5-6-12-27(24)34-31(35)17-7-2-8-18-31/h1,3-6,9-16,19,34H,2,7-8,17-18H2,(H,33,36). The molecule has 2 N–H and O–H groups in total. The lowest BCUT2D eigenvalue weighted by molar-refractivity contribution is 0.0938. The van der Waals surface area contributed by atoms with E-state index in [2.05, 4.69) is 10.3 Å². The summed E-state index contributed by atoms with van der Waals surface area (Å²) in [5, 5.41) is 13.3. The van der Waals surface area contributed by atoms with E-state index in [4.69, 9.17) is 0 Å². The van der Waals surface area contributed by atoms with Crippen molar-refractivity contribution in [2.45, 2.75) is 37.8 Å². The van der Waals surface area contributed by atoms with Crippen molar-refractivity contribution in [3.8, 4) is 28.5 Å². The summed E-state index contributed by atoms with van der Waals surface area (Å²) in [5.74, 6) is 0.00199. The average Bonchev–Trinajstić information content (AvgIpc) is 2.94. The maximum absolute atomic E-state index is 13.8. The van der Waals surface area contributed by atoms with Crippen LogP contribution < -0.4 is 15.8 Å². The highest BCUT2D eigenvalue weighted by Gasteiger charge is 2.45. The fourth-order valence-electron chi connectivity index (χ4n) is 5.71. The van der Waals surface area contributed by atoms with Crippen molar-refractivity contribution in [3.63, 3.8) is 0 Å². The van der Waals surface area contributed by atoms with E-state index in [1.807, 2.05) is 95.9 Å². The van der Waals surface area contributed by atoms with Crippen LogP contribution in [0.5, 0.6) is 0 Å². The van der Waals surface area contributed by atoms with Crippen LogP contribution >= 0.6 is 0 Å². The van der Waals surface area contributed by atoms with Crippen molar-refractivity contribution in [3.05, 3.63) is 106 Å². The lowest BCUT2D eigenvalue weighted by Crippen LogP contribution is -2.61. The first-order chi connectivity index (χ1) is 18.1. The van der Waals surface area contributed by atoms with Crippen LogP contribution in [-0.2, 0) is 0 Å². The number of nitriles is 1. The number of aromatic amines is 1. The Morgan fingerprint density at radius 3 is 2.22 bits per heavy atom. The van der Waals surface area contributed by atoms with Crippen LogP contribution in [-0.4, -0.2) is 16.6 Å². The van der Waals surface area contributed by atoms with Crippen molar-refractivity contribution in [1.29, 1.82) is 5.26 Å². The van der Waals surface area contributed by atoms with Gasteiger partial charge in [0.15, 0.2) is 0 Å². The number of pyridine rings is 1. The summed E-state index contributed by atoms with van der Waals surface area (Å²) in [6.07, 6.45) is 5.07. The highest BCUT2D eigenvalue weighted by atomic mass is 16.2. The molecule has 3 aromatic carbocycles. The van der Waals surface area contributed by atoms with Gasteiger partial charge in [0.05, 0.1) is 5.56 Å². The number of nitrogens with zero attached hydrogens (tertiary/aromatic N) is 2. The number of carbonyl (C=O) groups excluding carboxylic acids is 1. The van der Waals surface area contributed by atoms with Crippen molar-refractivity contribution in [2.24, 2.45) is 0 Å². The van der Waals surface area contributed by atoms with Crippen LogP contribution in [0.3, 0.4) is 0 Å². The minimum absolute atomic E-state index is 0.00199.